The molecule has 4 rings (SSSR count). The molecule has 0 aliphatic heterocycles. The molecular formula is C30H31F4N3O4. The molecule has 1 atom stereocenters. The normalized spacial score (nSPS) is 13.6. The number of rotatable bonds is 9. The Balaban J connectivity index is 1.69. The predicted octanol–water partition coefficient (Wildman–Crippen LogP) is 6.34. The van der Waals surface area contributed by atoms with Gasteiger partial charge < -0.3 is 19.9 Å². The van der Waals surface area contributed by atoms with Gasteiger partial charge in [-0.1, -0.05) is 19.9 Å². The maximum absolute atomic E-state index is 14.4. The quantitative estimate of drug-likeness (QED) is 0.180. The summed E-state index contributed by atoms with van der Waals surface area (Å²) in [6.45, 7) is 3.90. The van der Waals surface area contributed by atoms with Gasteiger partial charge in [0, 0.05) is 16.6 Å². The molecule has 0 fully saturated rings. The van der Waals surface area contributed by atoms with Gasteiger partial charge in [0.2, 0.25) is 0 Å². The number of alkyl halides is 3. The Bertz CT molecular complexity index is 1580. The van der Waals surface area contributed by atoms with Gasteiger partial charge in [-0.3, -0.25) is 0 Å². The number of hydrogen-bond donors (Lipinski definition) is 2. The minimum absolute atomic E-state index is 0.205. The van der Waals surface area contributed by atoms with E-state index in [9.17, 15) is 27.5 Å². The van der Waals surface area contributed by atoms with Crippen molar-refractivity contribution in [1.82, 2.24) is 9.78 Å². The third kappa shape index (κ3) is 6.00. The number of nitrogens with one attached hydrogen (secondary N) is 1. The van der Waals surface area contributed by atoms with E-state index in [1.807, 2.05) is 6.07 Å². The van der Waals surface area contributed by atoms with Crippen LogP contribution < -0.4 is 10.1 Å². The fourth-order valence-corrected chi connectivity index (χ4v) is 5.04. The molecular weight excluding hydrogens is 542 g/mol. The van der Waals surface area contributed by atoms with Crippen LogP contribution in [0, 0.1) is 12.7 Å². The molecule has 0 spiro atoms. The number of methoxy groups -OCH3 is 2. The van der Waals surface area contributed by atoms with Crippen molar-refractivity contribution in [3.63, 3.8) is 0 Å². The second-order valence-corrected chi connectivity index (χ2v) is 10.6. The van der Waals surface area contributed by atoms with Crippen LogP contribution in [0.25, 0.3) is 16.6 Å². The Labute approximate surface area is 234 Å². The Morgan fingerprint density at radius 3 is 2.46 bits per heavy atom. The number of benzene rings is 3. The minimum Gasteiger partial charge on any atom is -0.496 e. The lowest BCUT2D eigenvalue weighted by Gasteiger charge is -2.38. The maximum Gasteiger partial charge on any atom is 0.418 e. The highest BCUT2D eigenvalue weighted by Crippen LogP contribution is 2.44. The zero-order chi connectivity index (χ0) is 30.2. The predicted molar refractivity (Wildman–Crippen MR) is 147 cm³/mol. The van der Waals surface area contributed by atoms with Gasteiger partial charge in [-0.25, -0.2) is 13.9 Å². The van der Waals surface area contributed by atoms with Gasteiger partial charge in [0.25, 0.3) is 0 Å². The number of carbonyl (C=O) groups excluding carboxylic acids is 1. The number of carbonyl (C=O) groups is 1. The number of halogens is 4. The van der Waals surface area contributed by atoms with E-state index in [2.05, 4.69) is 10.4 Å². The smallest absolute Gasteiger partial charge is 0.418 e. The van der Waals surface area contributed by atoms with Gasteiger partial charge in [-0.2, -0.15) is 18.3 Å². The molecule has 218 valence electrons. The lowest BCUT2D eigenvalue weighted by Crippen LogP contribution is -2.53. The van der Waals surface area contributed by atoms with E-state index in [0.717, 1.165) is 17.7 Å². The number of fused-ring (bicyclic) bond motifs is 1. The van der Waals surface area contributed by atoms with Crippen LogP contribution in [0.5, 0.6) is 5.75 Å². The first-order valence-corrected chi connectivity index (χ1v) is 12.7. The molecule has 0 amide bonds. The van der Waals surface area contributed by atoms with Crippen molar-refractivity contribution in [2.75, 3.05) is 26.1 Å². The molecule has 3 aromatic carbocycles. The summed E-state index contributed by atoms with van der Waals surface area (Å²) < 4.78 is 68.9. The van der Waals surface area contributed by atoms with Crippen LogP contribution in [0.4, 0.5) is 23.2 Å². The highest BCUT2D eigenvalue weighted by Gasteiger charge is 2.56. The molecule has 4 aromatic rings. The fourth-order valence-electron chi connectivity index (χ4n) is 5.04. The lowest BCUT2D eigenvalue weighted by atomic mass is 9.74. The van der Waals surface area contributed by atoms with Crippen molar-refractivity contribution in [2.45, 2.75) is 44.4 Å². The number of esters is 1. The average molecular weight is 574 g/mol. The van der Waals surface area contributed by atoms with Crippen LogP contribution in [0.3, 0.4) is 0 Å². The number of ether oxygens (including phenoxy) is 2. The van der Waals surface area contributed by atoms with Gasteiger partial charge >= 0.3 is 12.1 Å². The molecule has 0 radical (unpaired) electrons. The van der Waals surface area contributed by atoms with E-state index >= 15 is 0 Å². The molecule has 7 nitrogen and oxygen atoms in total. The number of aryl methyl sites for hydroxylation is 1. The van der Waals surface area contributed by atoms with Crippen LogP contribution in [0.15, 0.2) is 60.8 Å². The van der Waals surface area contributed by atoms with Gasteiger partial charge in [-0.05, 0) is 72.9 Å². The molecule has 0 saturated carbocycles. The van der Waals surface area contributed by atoms with Crippen LogP contribution in [0.1, 0.15) is 41.8 Å². The summed E-state index contributed by atoms with van der Waals surface area (Å²) in [4.78, 5) is 12.0. The number of anilines is 1. The lowest BCUT2D eigenvalue weighted by molar-refractivity contribution is -0.260. The first-order valence-electron chi connectivity index (χ1n) is 12.7. The number of hydrogen-bond acceptors (Lipinski definition) is 6. The number of aliphatic hydroxyl groups is 1. The third-order valence-corrected chi connectivity index (χ3v) is 7.07. The topological polar surface area (TPSA) is 85.6 Å². The van der Waals surface area contributed by atoms with Crippen LogP contribution in [0.2, 0.25) is 0 Å². The van der Waals surface area contributed by atoms with Crippen molar-refractivity contribution in [3.8, 4) is 11.4 Å². The van der Waals surface area contributed by atoms with E-state index in [4.69, 9.17) is 9.47 Å². The largest absolute Gasteiger partial charge is 0.496 e. The molecule has 0 aliphatic rings. The number of aromatic nitrogens is 2. The molecule has 1 heterocycles. The van der Waals surface area contributed by atoms with Crippen molar-refractivity contribution < 1.29 is 36.9 Å². The van der Waals surface area contributed by atoms with E-state index in [-0.39, 0.29) is 11.3 Å². The van der Waals surface area contributed by atoms with Crippen molar-refractivity contribution >= 4 is 22.6 Å². The van der Waals surface area contributed by atoms with Crippen LogP contribution in [-0.2, 0) is 10.2 Å². The van der Waals surface area contributed by atoms with Gasteiger partial charge in [0.1, 0.15) is 11.6 Å². The van der Waals surface area contributed by atoms with Crippen molar-refractivity contribution in [3.05, 3.63) is 83.3 Å². The Morgan fingerprint density at radius 2 is 1.80 bits per heavy atom. The second-order valence-electron chi connectivity index (χ2n) is 10.6. The maximum atomic E-state index is 14.4. The van der Waals surface area contributed by atoms with E-state index in [1.54, 1.807) is 41.9 Å². The van der Waals surface area contributed by atoms with Crippen molar-refractivity contribution in [2.24, 2.45) is 0 Å². The molecule has 1 aromatic heterocycles. The van der Waals surface area contributed by atoms with E-state index in [0.29, 0.717) is 27.8 Å². The standard InChI is InChI=1S/C30H31F4N3O4/c1-18-11-24(22-15-36-37(25(22)12-18)21-8-6-7-19(13-21)27(38)41-5)35-17-29(39,30(32,33)34)16-28(2,3)23-14-20(31)9-10-26(23)40-4/h6-15,35,39H,16-17H2,1-5H3. The Kier molecular flexibility index (Phi) is 8.04. The molecule has 0 saturated heterocycles. The zero-order valence-electron chi connectivity index (χ0n) is 23.3. The molecule has 11 heteroatoms. The number of nitrogens with zero attached hydrogens (tertiary/aromatic N) is 2. The van der Waals surface area contributed by atoms with Crippen molar-refractivity contribution in [1.29, 1.82) is 0 Å². The van der Waals surface area contributed by atoms with E-state index in [1.165, 1.54) is 40.3 Å². The monoisotopic (exact) mass is 573 g/mol. The first-order chi connectivity index (χ1) is 19.2. The molecule has 1 unspecified atom stereocenters. The third-order valence-electron chi connectivity index (χ3n) is 7.07. The summed E-state index contributed by atoms with van der Waals surface area (Å²) in [5.41, 5.74) is -1.80. The van der Waals surface area contributed by atoms with Gasteiger partial charge in [-0.15, -0.1) is 0 Å². The SMILES string of the molecule is COC(=O)c1cccc(-n2ncc3c(NCC(O)(CC(C)(C)c4cc(F)ccc4OC)C(F)(F)F)cc(C)cc32)c1. The summed E-state index contributed by atoms with van der Waals surface area (Å²) in [5.74, 6) is -0.927. The van der Waals surface area contributed by atoms with Crippen LogP contribution in [-0.4, -0.2) is 53.4 Å². The summed E-state index contributed by atoms with van der Waals surface area (Å²) in [6, 6.07) is 13.7. The van der Waals surface area contributed by atoms with Gasteiger partial charge in [0.15, 0.2) is 5.60 Å². The molecule has 41 heavy (non-hydrogen) atoms. The minimum atomic E-state index is -5.01. The molecule has 0 bridgehead atoms. The van der Waals surface area contributed by atoms with Crippen LogP contribution >= 0.6 is 0 Å². The zero-order valence-corrected chi connectivity index (χ0v) is 23.3. The first kappa shape index (κ1) is 29.9. The summed E-state index contributed by atoms with van der Waals surface area (Å²) in [6.07, 6.45) is -4.29. The van der Waals surface area contributed by atoms with E-state index < -0.39 is 41.9 Å². The average Bonchev–Trinajstić information content (AvgIpc) is 3.34. The summed E-state index contributed by atoms with van der Waals surface area (Å²) in [7, 11) is 2.62. The highest BCUT2D eigenvalue weighted by molar-refractivity contribution is 5.94. The molecule has 0 aliphatic carbocycles. The molecule has 2 N–H and O–H groups in total. The Morgan fingerprint density at radius 1 is 1.07 bits per heavy atom. The summed E-state index contributed by atoms with van der Waals surface area (Å²) in [5, 5.41) is 18.8. The van der Waals surface area contributed by atoms with Gasteiger partial charge in [0.05, 0.1) is 43.7 Å². The Hall–Kier alpha value is -4.12. The second kappa shape index (κ2) is 11.0. The summed E-state index contributed by atoms with van der Waals surface area (Å²) >= 11 is 0. The fraction of sp³-hybridized carbons (Fsp3) is 0.333. The highest BCUT2D eigenvalue weighted by atomic mass is 19.4.